The summed E-state index contributed by atoms with van der Waals surface area (Å²) in [5.41, 5.74) is 6.31. The van der Waals surface area contributed by atoms with E-state index in [4.69, 9.17) is 17.3 Å². The molecule has 2 rings (SSSR count). The van der Waals surface area contributed by atoms with E-state index in [1.54, 1.807) is 11.3 Å². The summed E-state index contributed by atoms with van der Waals surface area (Å²) in [5.74, 6) is 0.252. The summed E-state index contributed by atoms with van der Waals surface area (Å²) < 4.78 is 0. The number of nitrogens with two attached hydrogens (primary N) is 1. The van der Waals surface area contributed by atoms with E-state index >= 15 is 0 Å². The Morgan fingerprint density at radius 1 is 1.50 bits per heavy atom. The first-order valence-electron chi connectivity index (χ1n) is 7.20. The summed E-state index contributed by atoms with van der Waals surface area (Å²) >= 11 is 7.42. The Balaban J connectivity index is 1.80. The minimum atomic E-state index is -0.226. The summed E-state index contributed by atoms with van der Waals surface area (Å²) in [5, 5.41) is 3.15. The number of carbonyl (C=O) groups excluding carboxylic acids is 1. The Hall–Kier alpha value is -0.650. The largest absolute Gasteiger partial charge is 0.369 e. The molecule has 1 aliphatic rings. The van der Waals surface area contributed by atoms with Crippen molar-refractivity contribution in [1.29, 1.82) is 0 Å². The number of thiazole rings is 1. The molecule has 0 radical (unpaired) electrons. The molecule has 1 aliphatic carbocycles. The zero-order valence-electron chi connectivity index (χ0n) is 11.7. The Labute approximate surface area is 129 Å². The summed E-state index contributed by atoms with van der Waals surface area (Å²) in [6, 6.07) is 0.539. The molecule has 0 spiro atoms. The lowest BCUT2D eigenvalue weighted by atomic mass is 10.2. The van der Waals surface area contributed by atoms with Gasteiger partial charge in [0.15, 0.2) is 0 Å². The van der Waals surface area contributed by atoms with Crippen LogP contribution in [0, 0.1) is 0 Å². The van der Waals surface area contributed by atoms with Crippen molar-refractivity contribution in [3.8, 4) is 0 Å². The van der Waals surface area contributed by atoms with Gasteiger partial charge >= 0.3 is 0 Å². The van der Waals surface area contributed by atoms with E-state index < -0.39 is 0 Å². The van der Waals surface area contributed by atoms with Crippen molar-refractivity contribution in [3.63, 3.8) is 0 Å². The van der Waals surface area contributed by atoms with Crippen LogP contribution in [0.2, 0.25) is 0 Å². The second-order valence-electron chi connectivity index (χ2n) is 5.34. The molecule has 0 saturated heterocycles. The van der Waals surface area contributed by atoms with E-state index in [1.807, 2.05) is 5.38 Å². The van der Waals surface area contributed by atoms with Crippen molar-refractivity contribution in [2.75, 3.05) is 13.1 Å². The number of aryl methyl sites for hydroxylation is 1. The van der Waals surface area contributed by atoms with Crippen molar-refractivity contribution >= 4 is 28.8 Å². The zero-order chi connectivity index (χ0) is 14.4. The van der Waals surface area contributed by atoms with Crippen LogP contribution in [-0.4, -0.2) is 34.9 Å². The van der Waals surface area contributed by atoms with Gasteiger partial charge < -0.3 is 5.73 Å². The zero-order valence-corrected chi connectivity index (χ0v) is 13.3. The molecule has 1 heterocycles. The highest BCUT2D eigenvalue weighted by Gasteiger charge is 2.23. The van der Waals surface area contributed by atoms with E-state index in [1.165, 1.54) is 25.7 Å². The van der Waals surface area contributed by atoms with Gasteiger partial charge in [0.1, 0.15) is 0 Å². The summed E-state index contributed by atoms with van der Waals surface area (Å²) in [6.07, 6.45) is 6.89. The van der Waals surface area contributed by atoms with Crippen LogP contribution in [0.5, 0.6) is 0 Å². The van der Waals surface area contributed by atoms with Crippen molar-refractivity contribution in [3.05, 3.63) is 16.1 Å². The highest BCUT2D eigenvalue weighted by Crippen LogP contribution is 2.23. The molecule has 6 heteroatoms. The Morgan fingerprint density at radius 3 is 2.85 bits per heavy atom. The average Bonchev–Trinajstić information content (AvgIpc) is 3.08. The number of nitrogens with zero attached hydrogens (tertiary/aromatic N) is 2. The Kier molecular flexibility index (Phi) is 6.26. The first-order valence-corrected chi connectivity index (χ1v) is 8.62. The lowest BCUT2D eigenvalue weighted by Gasteiger charge is -2.27. The number of primary amides is 1. The molecule has 0 aromatic carbocycles. The minimum Gasteiger partial charge on any atom is -0.369 e. The molecule has 0 aliphatic heterocycles. The fourth-order valence-electron chi connectivity index (χ4n) is 2.82. The van der Waals surface area contributed by atoms with Gasteiger partial charge in [0.2, 0.25) is 5.91 Å². The van der Waals surface area contributed by atoms with Crippen LogP contribution in [0.15, 0.2) is 5.38 Å². The second-order valence-corrected chi connectivity index (χ2v) is 6.55. The maximum atomic E-state index is 11.2. The van der Waals surface area contributed by atoms with Crippen LogP contribution < -0.4 is 5.73 Å². The molecule has 4 nitrogen and oxygen atoms in total. The van der Waals surface area contributed by atoms with Gasteiger partial charge in [-0.1, -0.05) is 12.8 Å². The second kappa shape index (κ2) is 7.96. The standard InChI is InChI=1S/C14H22ClN3OS/c15-8-11-10-20-14(17-11)6-3-7-18(9-13(16)19)12-4-1-2-5-12/h10,12H,1-9H2,(H2,16,19). The van der Waals surface area contributed by atoms with Crippen molar-refractivity contribution in [2.45, 2.75) is 50.4 Å². The number of alkyl halides is 1. The Bertz CT molecular complexity index is 432. The van der Waals surface area contributed by atoms with Crippen molar-refractivity contribution in [2.24, 2.45) is 5.73 Å². The molecule has 1 aromatic rings. The maximum Gasteiger partial charge on any atom is 0.231 e. The van der Waals surface area contributed by atoms with E-state index in [0.717, 1.165) is 30.1 Å². The number of rotatable bonds is 8. The minimum absolute atomic E-state index is 0.226. The summed E-state index contributed by atoms with van der Waals surface area (Å²) in [6.45, 7) is 1.30. The third-order valence-electron chi connectivity index (χ3n) is 3.77. The quantitative estimate of drug-likeness (QED) is 0.750. The molecule has 1 saturated carbocycles. The van der Waals surface area contributed by atoms with Gasteiger partial charge in [0.25, 0.3) is 0 Å². The molecule has 1 fully saturated rings. The number of hydrogen-bond donors (Lipinski definition) is 1. The van der Waals surface area contributed by atoms with E-state index in [9.17, 15) is 4.79 Å². The number of aromatic nitrogens is 1. The topological polar surface area (TPSA) is 59.2 Å². The van der Waals surface area contributed by atoms with Gasteiger partial charge in [0, 0.05) is 17.8 Å². The maximum absolute atomic E-state index is 11.2. The average molecular weight is 316 g/mol. The van der Waals surface area contributed by atoms with Crippen LogP contribution >= 0.6 is 22.9 Å². The fourth-order valence-corrected chi connectivity index (χ4v) is 3.89. The van der Waals surface area contributed by atoms with Crippen molar-refractivity contribution < 1.29 is 4.79 Å². The lowest BCUT2D eigenvalue weighted by Crippen LogP contribution is -2.40. The highest BCUT2D eigenvalue weighted by molar-refractivity contribution is 7.09. The molecular weight excluding hydrogens is 294 g/mol. The molecule has 2 N–H and O–H groups in total. The highest BCUT2D eigenvalue weighted by atomic mass is 35.5. The van der Waals surface area contributed by atoms with Gasteiger partial charge in [-0.05, 0) is 25.8 Å². The summed E-state index contributed by atoms with van der Waals surface area (Å²) in [4.78, 5) is 17.9. The normalized spacial score (nSPS) is 16.1. The van der Waals surface area contributed by atoms with Crippen LogP contribution in [0.25, 0.3) is 0 Å². The monoisotopic (exact) mass is 315 g/mol. The molecule has 0 unspecified atom stereocenters. The van der Waals surface area contributed by atoms with Crippen LogP contribution in [-0.2, 0) is 17.1 Å². The SMILES string of the molecule is NC(=O)CN(CCCc1nc(CCl)cs1)C1CCCC1. The van der Waals surface area contributed by atoms with Crippen LogP contribution in [0.1, 0.15) is 42.8 Å². The molecule has 1 aromatic heterocycles. The molecule has 20 heavy (non-hydrogen) atoms. The van der Waals surface area contributed by atoms with Crippen LogP contribution in [0.3, 0.4) is 0 Å². The number of halogens is 1. The van der Waals surface area contributed by atoms with Gasteiger partial charge in [-0.15, -0.1) is 22.9 Å². The number of amides is 1. The van der Waals surface area contributed by atoms with Gasteiger partial charge in [-0.2, -0.15) is 0 Å². The van der Waals surface area contributed by atoms with Gasteiger partial charge in [-0.3, -0.25) is 9.69 Å². The summed E-state index contributed by atoms with van der Waals surface area (Å²) in [7, 11) is 0. The fraction of sp³-hybridized carbons (Fsp3) is 0.714. The molecule has 112 valence electrons. The number of hydrogen-bond acceptors (Lipinski definition) is 4. The third kappa shape index (κ3) is 4.72. The van der Waals surface area contributed by atoms with Gasteiger partial charge in [0.05, 0.1) is 23.1 Å². The smallest absolute Gasteiger partial charge is 0.231 e. The first kappa shape index (κ1) is 15.7. The van der Waals surface area contributed by atoms with E-state index in [2.05, 4.69) is 9.88 Å². The lowest BCUT2D eigenvalue weighted by molar-refractivity contribution is -0.119. The van der Waals surface area contributed by atoms with Crippen molar-refractivity contribution in [1.82, 2.24) is 9.88 Å². The predicted octanol–water partition coefficient (Wildman–Crippen LogP) is 2.54. The Morgan fingerprint density at radius 2 is 2.25 bits per heavy atom. The third-order valence-corrected chi connectivity index (χ3v) is 5.00. The van der Waals surface area contributed by atoms with E-state index in [0.29, 0.717) is 18.5 Å². The molecule has 0 atom stereocenters. The van der Waals surface area contributed by atoms with Crippen LogP contribution in [0.4, 0.5) is 0 Å². The van der Waals surface area contributed by atoms with E-state index in [-0.39, 0.29) is 5.91 Å². The number of carbonyl (C=O) groups is 1. The predicted molar refractivity (Wildman–Crippen MR) is 83.0 cm³/mol. The molecule has 0 bridgehead atoms. The first-order chi connectivity index (χ1) is 9.69. The molecular formula is C14H22ClN3OS. The molecule has 1 amide bonds. The van der Waals surface area contributed by atoms with Gasteiger partial charge in [-0.25, -0.2) is 4.98 Å².